The van der Waals surface area contributed by atoms with Gasteiger partial charge in [-0.3, -0.25) is 0 Å². The van der Waals surface area contributed by atoms with Crippen LogP contribution in [0.4, 0.5) is 0 Å². The summed E-state index contributed by atoms with van der Waals surface area (Å²) in [7, 11) is 0. The molecule has 2 heterocycles. The van der Waals surface area contributed by atoms with Crippen molar-refractivity contribution < 1.29 is 4.74 Å². The monoisotopic (exact) mass is 240 g/mol. The first-order chi connectivity index (χ1) is 8.15. The van der Waals surface area contributed by atoms with Crippen molar-refractivity contribution in [1.29, 1.82) is 0 Å². The van der Waals surface area contributed by atoms with E-state index in [4.69, 9.17) is 4.74 Å². The molecule has 2 rings (SSSR count). The fourth-order valence-corrected chi connectivity index (χ4v) is 3.21. The Hall–Kier alpha value is -0.120. The van der Waals surface area contributed by atoms with Crippen molar-refractivity contribution in [2.75, 3.05) is 45.9 Å². The Balaban J connectivity index is 1.89. The predicted octanol–water partition coefficient (Wildman–Crippen LogP) is 1.59. The molecule has 0 spiro atoms. The minimum atomic E-state index is 0.375. The van der Waals surface area contributed by atoms with E-state index in [1.807, 2.05) is 0 Å². The molecule has 0 saturated carbocycles. The molecule has 0 radical (unpaired) electrons. The number of nitrogens with zero attached hydrogens (tertiary/aromatic N) is 1. The lowest BCUT2D eigenvalue weighted by molar-refractivity contribution is 0.117. The molecule has 0 aliphatic carbocycles. The van der Waals surface area contributed by atoms with Crippen LogP contribution < -0.4 is 5.32 Å². The molecule has 2 aliphatic rings. The molecule has 3 heteroatoms. The molecule has 1 N–H and O–H groups in total. The normalized spacial score (nSPS) is 39.0. The molecule has 100 valence electrons. The summed E-state index contributed by atoms with van der Waals surface area (Å²) in [6.45, 7) is 14.8. The van der Waals surface area contributed by atoms with E-state index < -0.39 is 0 Å². The number of hydrogen-bond acceptors (Lipinski definition) is 3. The quantitative estimate of drug-likeness (QED) is 0.790. The Morgan fingerprint density at radius 1 is 1.29 bits per heavy atom. The van der Waals surface area contributed by atoms with E-state index in [0.29, 0.717) is 5.41 Å². The van der Waals surface area contributed by atoms with E-state index in [0.717, 1.165) is 38.1 Å². The summed E-state index contributed by atoms with van der Waals surface area (Å²) in [5.41, 5.74) is 0.375. The summed E-state index contributed by atoms with van der Waals surface area (Å²) in [4.78, 5) is 2.65. The van der Waals surface area contributed by atoms with Crippen LogP contribution in [0.2, 0.25) is 0 Å². The molecular weight excluding hydrogens is 212 g/mol. The van der Waals surface area contributed by atoms with Crippen LogP contribution in [-0.2, 0) is 4.74 Å². The third kappa shape index (κ3) is 3.21. The minimum absolute atomic E-state index is 0.375. The first kappa shape index (κ1) is 13.3. The van der Waals surface area contributed by atoms with Crippen molar-refractivity contribution in [1.82, 2.24) is 10.2 Å². The van der Waals surface area contributed by atoms with Gasteiger partial charge in [-0.05, 0) is 24.8 Å². The number of likely N-dealkylation sites (tertiary alicyclic amines) is 1. The lowest BCUT2D eigenvalue weighted by Crippen LogP contribution is -2.44. The zero-order valence-electron chi connectivity index (χ0n) is 11.7. The van der Waals surface area contributed by atoms with E-state index in [1.54, 1.807) is 0 Å². The maximum absolute atomic E-state index is 5.65. The molecule has 3 nitrogen and oxygen atoms in total. The van der Waals surface area contributed by atoms with Crippen LogP contribution in [0.5, 0.6) is 0 Å². The van der Waals surface area contributed by atoms with Crippen LogP contribution in [-0.4, -0.2) is 50.8 Å². The summed E-state index contributed by atoms with van der Waals surface area (Å²) in [6.07, 6.45) is 1.22. The van der Waals surface area contributed by atoms with Crippen molar-refractivity contribution in [3.05, 3.63) is 0 Å². The molecule has 3 atom stereocenters. The molecule has 2 saturated heterocycles. The van der Waals surface area contributed by atoms with Gasteiger partial charge in [-0.15, -0.1) is 0 Å². The van der Waals surface area contributed by atoms with Gasteiger partial charge in [0.15, 0.2) is 0 Å². The number of ether oxygens (including phenoxy) is 1. The standard InChI is InChI=1S/C14H28N2O/c1-4-15-9-14(5-6-17-11-14)10-16-7-12(2)13(3)8-16/h12-13,15H,4-11H2,1-3H3. The van der Waals surface area contributed by atoms with Gasteiger partial charge in [0.2, 0.25) is 0 Å². The Morgan fingerprint density at radius 3 is 2.53 bits per heavy atom. The topological polar surface area (TPSA) is 24.5 Å². The maximum atomic E-state index is 5.65. The highest BCUT2D eigenvalue weighted by Crippen LogP contribution is 2.32. The Bertz CT molecular complexity index is 228. The van der Waals surface area contributed by atoms with Crippen LogP contribution >= 0.6 is 0 Å². The second-order valence-electron chi connectivity index (χ2n) is 6.23. The molecular formula is C14H28N2O. The fraction of sp³-hybridized carbons (Fsp3) is 1.00. The van der Waals surface area contributed by atoms with E-state index >= 15 is 0 Å². The van der Waals surface area contributed by atoms with Crippen molar-refractivity contribution in [3.63, 3.8) is 0 Å². The van der Waals surface area contributed by atoms with E-state index in [2.05, 4.69) is 31.0 Å². The van der Waals surface area contributed by atoms with Crippen LogP contribution in [0.1, 0.15) is 27.2 Å². The van der Waals surface area contributed by atoms with Gasteiger partial charge >= 0.3 is 0 Å². The van der Waals surface area contributed by atoms with Crippen LogP contribution in [0.3, 0.4) is 0 Å². The lowest BCUT2D eigenvalue weighted by Gasteiger charge is -2.32. The van der Waals surface area contributed by atoms with Crippen molar-refractivity contribution >= 4 is 0 Å². The van der Waals surface area contributed by atoms with Crippen molar-refractivity contribution in [2.45, 2.75) is 27.2 Å². The molecule has 0 amide bonds. The van der Waals surface area contributed by atoms with E-state index in [1.165, 1.54) is 26.1 Å². The molecule has 2 fully saturated rings. The van der Waals surface area contributed by atoms with Gasteiger partial charge in [-0.2, -0.15) is 0 Å². The molecule has 17 heavy (non-hydrogen) atoms. The minimum Gasteiger partial charge on any atom is -0.381 e. The van der Waals surface area contributed by atoms with Gasteiger partial charge < -0.3 is 15.0 Å². The van der Waals surface area contributed by atoms with Crippen LogP contribution in [0.15, 0.2) is 0 Å². The van der Waals surface area contributed by atoms with Gasteiger partial charge in [0, 0.05) is 38.2 Å². The second-order valence-corrected chi connectivity index (χ2v) is 6.23. The first-order valence-corrected chi connectivity index (χ1v) is 7.16. The molecule has 3 unspecified atom stereocenters. The van der Waals surface area contributed by atoms with Gasteiger partial charge in [-0.25, -0.2) is 0 Å². The average molecular weight is 240 g/mol. The van der Waals surface area contributed by atoms with Crippen molar-refractivity contribution in [3.8, 4) is 0 Å². The summed E-state index contributed by atoms with van der Waals surface area (Å²) < 4.78 is 5.65. The van der Waals surface area contributed by atoms with Gasteiger partial charge in [0.05, 0.1) is 6.61 Å². The van der Waals surface area contributed by atoms with Crippen molar-refractivity contribution in [2.24, 2.45) is 17.3 Å². The summed E-state index contributed by atoms with van der Waals surface area (Å²) >= 11 is 0. The summed E-state index contributed by atoms with van der Waals surface area (Å²) in [5.74, 6) is 1.71. The molecule has 0 aromatic carbocycles. The number of rotatable bonds is 5. The smallest absolute Gasteiger partial charge is 0.0547 e. The Morgan fingerprint density at radius 2 is 2.00 bits per heavy atom. The summed E-state index contributed by atoms with van der Waals surface area (Å²) in [5, 5.41) is 3.52. The fourth-order valence-electron chi connectivity index (χ4n) is 3.21. The summed E-state index contributed by atoms with van der Waals surface area (Å²) in [6, 6.07) is 0. The average Bonchev–Trinajstić information content (AvgIpc) is 2.86. The third-order valence-electron chi connectivity index (χ3n) is 4.56. The SMILES string of the molecule is CCNCC1(CN2CC(C)C(C)C2)CCOC1. The van der Waals surface area contributed by atoms with Crippen LogP contribution in [0, 0.1) is 17.3 Å². The van der Waals surface area contributed by atoms with Crippen LogP contribution in [0.25, 0.3) is 0 Å². The highest BCUT2D eigenvalue weighted by atomic mass is 16.5. The molecule has 2 aliphatic heterocycles. The first-order valence-electron chi connectivity index (χ1n) is 7.16. The molecule has 0 aromatic rings. The number of hydrogen-bond donors (Lipinski definition) is 1. The maximum Gasteiger partial charge on any atom is 0.0547 e. The molecule has 0 bridgehead atoms. The largest absolute Gasteiger partial charge is 0.381 e. The predicted molar refractivity (Wildman–Crippen MR) is 71.2 cm³/mol. The lowest BCUT2D eigenvalue weighted by atomic mass is 9.86. The zero-order valence-corrected chi connectivity index (χ0v) is 11.7. The van der Waals surface area contributed by atoms with Gasteiger partial charge in [0.1, 0.15) is 0 Å². The highest BCUT2D eigenvalue weighted by Gasteiger charge is 2.38. The van der Waals surface area contributed by atoms with Gasteiger partial charge in [0.25, 0.3) is 0 Å². The van der Waals surface area contributed by atoms with E-state index in [9.17, 15) is 0 Å². The number of nitrogens with one attached hydrogen (secondary N) is 1. The Labute approximate surface area is 106 Å². The third-order valence-corrected chi connectivity index (χ3v) is 4.56. The second kappa shape index (κ2) is 5.68. The van der Waals surface area contributed by atoms with Gasteiger partial charge in [-0.1, -0.05) is 20.8 Å². The van der Waals surface area contributed by atoms with E-state index in [-0.39, 0.29) is 0 Å². The molecule has 0 aromatic heterocycles. The zero-order chi connectivity index (χ0) is 12.3. The Kier molecular flexibility index (Phi) is 4.45. The highest BCUT2D eigenvalue weighted by molar-refractivity contribution is 4.91.